The van der Waals surface area contributed by atoms with Gasteiger partial charge in [0.05, 0.1) is 18.6 Å². The lowest BCUT2D eigenvalue weighted by atomic mass is 9.85. The third-order valence-corrected chi connectivity index (χ3v) is 10.4. The first-order chi connectivity index (χ1) is 21.2. The molecule has 2 aromatic carbocycles. The summed E-state index contributed by atoms with van der Waals surface area (Å²) in [5, 5.41) is 9.41. The van der Waals surface area contributed by atoms with Gasteiger partial charge in [0.1, 0.15) is 5.75 Å². The van der Waals surface area contributed by atoms with Gasteiger partial charge >= 0.3 is 12.1 Å². The Kier molecular flexibility index (Phi) is 9.14. The summed E-state index contributed by atoms with van der Waals surface area (Å²) in [6, 6.07) is 10.8. The molecule has 0 aliphatic carbocycles. The van der Waals surface area contributed by atoms with Gasteiger partial charge in [-0.3, -0.25) is 14.5 Å². The van der Waals surface area contributed by atoms with Gasteiger partial charge in [-0.1, -0.05) is 25.1 Å². The molecule has 3 heterocycles. The van der Waals surface area contributed by atoms with E-state index >= 15 is 4.39 Å². The van der Waals surface area contributed by atoms with E-state index in [4.69, 9.17) is 4.74 Å². The lowest BCUT2D eigenvalue weighted by molar-refractivity contribution is -0.143. The number of carboxylic acid groups (broad SMARTS) is 1. The number of halogens is 4. The van der Waals surface area contributed by atoms with Crippen LogP contribution in [0.15, 0.2) is 42.5 Å². The quantitative estimate of drug-likeness (QED) is 0.343. The van der Waals surface area contributed by atoms with Crippen LogP contribution in [-0.4, -0.2) is 84.4 Å². The number of alkyl halides is 4. The van der Waals surface area contributed by atoms with Crippen LogP contribution in [0.5, 0.6) is 5.75 Å². The zero-order valence-electron chi connectivity index (χ0n) is 26.4. The molecule has 0 saturated carbocycles. The van der Waals surface area contributed by atoms with Gasteiger partial charge in [-0.25, -0.2) is 4.39 Å². The first-order valence-electron chi connectivity index (χ1n) is 15.7. The van der Waals surface area contributed by atoms with Gasteiger partial charge in [0, 0.05) is 62.3 Å². The van der Waals surface area contributed by atoms with Crippen LogP contribution in [-0.2, 0) is 15.8 Å². The second-order valence-electron chi connectivity index (χ2n) is 13.3. The van der Waals surface area contributed by atoms with Gasteiger partial charge in [-0.05, 0) is 74.9 Å². The molecule has 3 fully saturated rings. The number of benzene rings is 2. The summed E-state index contributed by atoms with van der Waals surface area (Å²) in [4.78, 5) is 31.1. The first kappa shape index (κ1) is 33.0. The molecule has 3 atom stereocenters. The normalized spacial score (nSPS) is 25.2. The molecule has 5 rings (SSSR count). The fraction of sp³-hybridized carbons (Fsp3) is 0.588. The number of nitrogens with zero attached hydrogens (tertiary/aromatic N) is 3. The van der Waals surface area contributed by atoms with Crippen LogP contribution in [0.25, 0.3) is 0 Å². The number of hydrogen-bond acceptors (Lipinski definition) is 5. The van der Waals surface area contributed by atoms with Gasteiger partial charge < -0.3 is 19.6 Å². The molecular weight excluding hydrogens is 590 g/mol. The molecule has 3 aliphatic heterocycles. The van der Waals surface area contributed by atoms with Crippen LogP contribution >= 0.6 is 0 Å². The van der Waals surface area contributed by atoms with E-state index in [0.717, 1.165) is 18.6 Å². The summed E-state index contributed by atoms with van der Waals surface area (Å²) in [5.74, 6) is -2.35. The van der Waals surface area contributed by atoms with Gasteiger partial charge in [0.2, 0.25) is 5.67 Å². The molecule has 1 amide bonds. The number of anilines is 1. The number of amides is 1. The summed E-state index contributed by atoms with van der Waals surface area (Å²) in [6.45, 7) is 7.60. The number of carboxylic acids is 1. The summed E-state index contributed by atoms with van der Waals surface area (Å²) in [5.41, 5.74) is -1.48. The molecule has 0 unspecified atom stereocenters. The summed E-state index contributed by atoms with van der Waals surface area (Å²) >= 11 is 0. The van der Waals surface area contributed by atoms with Crippen LogP contribution in [0.2, 0.25) is 0 Å². The predicted molar refractivity (Wildman–Crippen MR) is 163 cm³/mol. The maximum absolute atomic E-state index is 17.3. The fourth-order valence-electron chi connectivity index (χ4n) is 7.09. The van der Waals surface area contributed by atoms with Gasteiger partial charge in [0.25, 0.3) is 5.91 Å². The number of carbonyl (C=O) groups is 2. The van der Waals surface area contributed by atoms with Crippen molar-refractivity contribution < 1.29 is 37.0 Å². The Hall–Kier alpha value is -3.34. The van der Waals surface area contributed by atoms with Crippen LogP contribution in [0.1, 0.15) is 75.0 Å². The topological polar surface area (TPSA) is 73.3 Å². The Morgan fingerprint density at radius 2 is 1.67 bits per heavy atom. The predicted octanol–water partition coefficient (Wildman–Crippen LogP) is 6.33. The van der Waals surface area contributed by atoms with Gasteiger partial charge in [0.15, 0.2) is 0 Å². The largest absolute Gasteiger partial charge is 0.497 e. The van der Waals surface area contributed by atoms with E-state index in [2.05, 4.69) is 0 Å². The maximum atomic E-state index is 17.3. The number of piperidine rings is 1. The molecule has 0 radical (unpaired) electrons. The molecule has 0 aromatic heterocycles. The van der Waals surface area contributed by atoms with E-state index in [-0.39, 0.29) is 24.5 Å². The van der Waals surface area contributed by atoms with Crippen molar-refractivity contribution in [3.05, 3.63) is 59.2 Å². The second kappa shape index (κ2) is 12.5. The molecule has 7 nitrogen and oxygen atoms in total. The average Bonchev–Trinajstić information content (AvgIpc) is 3.66. The molecule has 0 bridgehead atoms. The second-order valence-corrected chi connectivity index (χ2v) is 13.3. The Morgan fingerprint density at radius 1 is 1.00 bits per heavy atom. The molecule has 1 N–H and O–H groups in total. The van der Waals surface area contributed by atoms with Gasteiger partial charge in [-0.15, -0.1) is 0 Å². The number of likely N-dealkylation sites (tertiary alicyclic amines) is 2. The Bertz CT molecular complexity index is 1390. The monoisotopic (exact) mass is 633 g/mol. The first-order valence-corrected chi connectivity index (χ1v) is 15.7. The van der Waals surface area contributed by atoms with Crippen LogP contribution in [0, 0.1) is 5.92 Å². The maximum Gasteiger partial charge on any atom is 0.416 e. The van der Waals surface area contributed by atoms with Crippen molar-refractivity contribution in [2.24, 2.45) is 5.92 Å². The highest BCUT2D eigenvalue weighted by Crippen LogP contribution is 2.46. The average molecular weight is 634 g/mol. The van der Waals surface area contributed by atoms with Crippen molar-refractivity contribution in [2.45, 2.75) is 75.7 Å². The van der Waals surface area contributed by atoms with E-state index in [1.165, 1.54) is 6.07 Å². The highest BCUT2D eigenvalue weighted by Gasteiger charge is 2.57. The number of rotatable bonds is 8. The van der Waals surface area contributed by atoms with Crippen LogP contribution in [0.4, 0.5) is 23.2 Å². The van der Waals surface area contributed by atoms with Gasteiger partial charge in [-0.2, -0.15) is 13.2 Å². The van der Waals surface area contributed by atoms with E-state index in [9.17, 15) is 27.9 Å². The molecule has 2 aromatic rings. The molecule has 45 heavy (non-hydrogen) atoms. The molecule has 246 valence electrons. The number of hydrogen-bond donors (Lipinski definition) is 1. The zero-order valence-corrected chi connectivity index (χ0v) is 26.4. The van der Waals surface area contributed by atoms with Crippen molar-refractivity contribution in [2.75, 3.05) is 51.3 Å². The van der Waals surface area contributed by atoms with Crippen molar-refractivity contribution >= 4 is 17.6 Å². The number of ether oxygens (including phenoxy) is 1. The lowest BCUT2D eigenvalue weighted by Crippen LogP contribution is -2.51. The summed E-state index contributed by atoms with van der Waals surface area (Å²) in [6.07, 6.45) is -2.60. The smallest absolute Gasteiger partial charge is 0.416 e. The molecular formula is C34H43F4N3O4. The van der Waals surface area contributed by atoms with E-state index in [1.807, 2.05) is 42.7 Å². The Balaban J connectivity index is 1.41. The van der Waals surface area contributed by atoms with Crippen molar-refractivity contribution in [1.29, 1.82) is 0 Å². The standard InChI is InChI=1S/C34H43F4N3O4/c1-5-32(2,3)41-20-28(22-6-9-26(45-4)10-7-22)33(35,21-41)31(44)40-17-14-24(19-40)27-11-8-25(34(36,37)38)18-29(27)39-15-12-23(13-16-39)30(42)43/h6-11,18,23-24,28H,5,12-17,19-21H2,1-4H3,(H,42,43)/t24-,28+,33+/m1/s1. The number of methoxy groups -OCH3 is 1. The minimum absolute atomic E-state index is 0.0470. The van der Waals surface area contributed by atoms with Crippen molar-refractivity contribution in [3.8, 4) is 5.75 Å². The third kappa shape index (κ3) is 6.50. The highest BCUT2D eigenvalue weighted by molar-refractivity contribution is 5.88. The van der Waals surface area contributed by atoms with Crippen molar-refractivity contribution in [3.63, 3.8) is 0 Å². The Labute approximate surface area is 262 Å². The number of carbonyl (C=O) groups excluding carboxylic acids is 1. The lowest BCUT2D eigenvalue weighted by Gasteiger charge is -2.35. The SMILES string of the molecule is CCC(C)(C)N1C[C@@H](c2ccc(OC)cc2)[C@](F)(C(=O)N2CC[C@@H](c3ccc(C(F)(F)F)cc3N3CCC(C(=O)O)CC3)C2)C1. The van der Waals surface area contributed by atoms with Crippen LogP contribution < -0.4 is 9.64 Å². The molecule has 0 spiro atoms. The van der Waals surface area contributed by atoms with Crippen molar-refractivity contribution in [1.82, 2.24) is 9.80 Å². The van der Waals surface area contributed by atoms with E-state index < -0.39 is 41.1 Å². The third-order valence-electron chi connectivity index (χ3n) is 10.4. The zero-order chi connectivity index (χ0) is 32.7. The van der Waals surface area contributed by atoms with E-state index in [0.29, 0.717) is 68.0 Å². The molecule has 3 saturated heterocycles. The van der Waals surface area contributed by atoms with E-state index in [1.54, 1.807) is 24.1 Å². The fourth-order valence-corrected chi connectivity index (χ4v) is 7.09. The summed E-state index contributed by atoms with van der Waals surface area (Å²) in [7, 11) is 1.56. The molecule has 3 aliphatic rings. The Morgan fingerprint density at radius 3 is 2.24 bits per heavy atom. The minimum Gasteiger partial charge on any atom is -0.497 e. The minimum atomic E-state index is -4.54. The molecule has 11 heteroatoms. The highest BCUT2D eigenvalue weighted by atomic mass is 19.4. The van der Waals surface area contributed by atoms with Crippen LogP contribution in [0.3, 0.4) is 0 Å². The summed E-state index contributed by atoms with van der Waals surface area (Å²) < 4.78 is 63.9. The number of aliphatic carboxylic acids is 1.